The minimum absolute atomic E-state index is 0.307. The van der Waals surface area contributed by atoms with Crippen LogP contribution in [0.2, 0.25) is 5.02 Å². The number of fused-ring (bicyclic) bond motifs is 3. The molecule has 140 valence electrons. The molecule has 0 aliphatic carbocycles. The van der Waals surface area contributed by atoms with E-state index >= 15 is 0 Å². The lowest BCUT2D eigenvalue weighted by Gasteiger charge is -2.32. The topological polar surface area (TPSA) is 42.7 Å². The molecule has 0 atom stereocenters. The molecular weight excluding hydrogens is 362 g/mol. The van der Waals surface area contributed by atoms with Gasteiger partial charge in [0.15, 0.2) is 6.73 Å². The Bertz CT molecular complexity index is 1060. The summed E-state index contributed by atoms with van der Waals surface area (Å²) in [6.45, 7) is 5.23. The number of rotatable bonds is 4. The van der Waals surface area contributed by atoms with Gasteiger partial charge in [-0.1, -0.05) is 31.0 Å². The van der Waals surface area contributed by atoms with Gasteiger partial charge < -0.3 is 14.1 Å². The van der Waals surface area contributed by atoms with Gasteiger partial charge in [-0.2, -0.15) is 0 Å². The highest BCUT2D eigenvalue weighted by Crippen LogP contribution is 2.36. The normalized spacial score (nSPS) is 13.5. The predicted octanol–water partition coefficient (Wildman–Crippen LogP) is 5.45. The third kappa shape index (κ3) is 3.42. The lowest BCUT2D eigenvalue weighted by molar-refractivity contribution is 0.289. The van der Waals surface area contributed by atoms with Crippen molar-refractivity contribution in [1.82, 2.24) is 0 Å². The van der Waals surface area contributed by atoms with Crippen molar-refractivity contribution in [2.75, 3.05) is 11.6 Å². The average molecular weight is 384 g/mol. The zero-order valence-corrected chi connectivity index (χ0v) is 16.3. The van der Waals surface area contributed by atoms with Crippen molar-refractivity contribution >= 4 is 28.3 Å². The van der Waals surface area contributed by atoms with Crippen LogP contribution in [0.1, 0.15) is 36.5 Å². The van der Waals surface area contributed by atoms with Crippen molar-refractivity contribution < 1.29 is 9.15 Å². The molecule has 0 bridgehead atoms. The van der Waals surface area contributed by atoms with E-state index < -0.39 is 0 Å². The van der Waals surface area contributed by atoms with E-state index in [1.54, 1.807) is 6.07 Å². The lowest BCUT2D eigenvalue weighted by Crippen LogP contribution is -2.32. The average Bonchev–Trinajstić information content (AvgIpc) is 2.67. The summed E-state index contributed by atoms with van der Waals surface area (Å²) in [5.74, 6) is 0.772. The summed E-state index contributed by atoms with van der Waals surface area (Å²) in [5.41, 5.74) is 4.43. The summed E-state index contributed by atoms with van der Waals surface area (Å²) in [5, 5.41) is 1.68. The van der Waals surface area contributed by atoms with Crippen LogP contribution in [0.25, 0.3) is 11.0 Å². The summed E-state index contributed by atoms with van der Waals surface area (Å²) in [6, 6.07) is 11.4. The maximum atomic E-state index is 12.2. The third-order valence-electron chi connectivity index (χ3n) is 5.09. The number of hydrogen-bond acceptors (Lipinski definition) is 4. The molecule has 4 nitrogen and oxygen atoms in total. The molecule has 2 aromatic carbocycles. The number of ether oxygens (including phenoxy) is 1. The molecule has 1 aliphatic rings. The Hall–Kier alpha value is -2.46. The minimum Gasteiger partial charge on any atom is -0.473 e. The molecule has 0 spiro atoms. The number of aryl methyl sites for hydroxylation is 2. The molecule has 0 amide bonds. The monoisotopic (exact) mass is 383 g/mol. The van der Waals surface area contributed by atoms with Gasteiger partial charge in [0.25, 0.3) is 0 Å². The van der Waals surface area contributed by atoms with Crippen LogP contribution in [-0.4, -0.2) is 6.73 Å². The van der Waals surface area contributed by atoms with Crippen LogP contribution in [0, 0.1) is 6.92 Å². The fourth-order valence-electron chi connectivity index (χ4n) is 3.65. The first-order valence-electron chi connectivity index (χ1n) is 9.29. The van der Waals surface area contributed by atoms with Gasteiger partial charge in [0, 0.05) is 22.2 Å². The number of halogens is 1. The third-order valence-corrected chi connectivity index (χ3v) is 5.33. The van der Waals surface area contributed by atoms with Crippen LogP contribution in [-0.2, 0) is 13.0 Å². The summed E-state index contributed by atoms with van der Waals surface area (Å²) < 4.78 is 11.6. The number of nitrogens with zero attached hydrogens (tertiary/aromatic N) is 1. The van der Waals surface area contributed by atoms with E-state index in [4.69, 9.17) is 20.8 Å². The molecule has 5 heteroatoms. The molecule has 4 rings (SSSR count). The van der Waals surface area contributed by atoms with Crippen molar-refractivity contribution in [2.24, 2.45) is 0 Å². The molecular formula is C22H22ClNO3. The van der Waals surface area contributed by atoms with Gasteiger partial charge in [-0.25, -0.2) is 4.79 Å². The van der Waals surface area contributed by atoms with Gasteiger partial charge in [0.1, 0.15) is 11.3 Å². The zero-order chi connectivity index (χ0) is 19.0. The molecule has 0 radical (unpaired) electrons. The van der Waals surface area contributed by atoms with E-state index in [9.17, 15) is 4.79 Å². The van der Waals surface area contributed by atoms with Crippen LogP contribution in [0.3, 0.4) is 0 Å². The van der Waals surface area contributed by atoms with E-state index in [0.29, 0.717) is 23.9 Å². The molecule has 0 N–H and O–H groups in total. The number of benzene rings is 2. The molecule has 1 aliphatic heterocycles. The van der Waals surface area contributed by atoms with Crippen molar-refractivity contribution in [1.29, 1.82) is 0 Å². The standard InChI is InChI=1S/C22H22ClNO3/c1-3-4-5-15-10-21(25)27-22-17(15)8-9-20-18(22)12-24(13-26-20)19-11-16(23)7-6-14(19)2/h6-11H,3-5,12-13H2,1-2H3. The Labute approximate surface area is 163 Å². The van der Waals surface area contributed by atoms with Crippen molar-refractivity contribution in [3.05, 3.63) is 68.5 Å². The Morgan fingerprint density at radius 3 is 2.85 bits per heavy atom. The summed E-state index contributed by atoms with van der Waals surface area (Å²) in [7, 11) is 0. The highest BCUT2D eigenvalue weighted by molar-refractivity contribution is 6.30. The fraction of sp³-hybridized carbons (Fsp3) is 0.318. The van der Waals surface area contributed by atoms with Crippen molar-refractivity contribution in [2.45, 2.75) is 39.7 Å². The summed E-state index contributed by atoms with van der Waals surface area (Å²) >= 11 is 6.19. The van der Waals surface area contributed by atoms with E-state index in [1.807, 2.05) is 37.3 Å². The van der Waals surface area contributed by atoms with Gasteiger partial charge in [0.05, 0.1) is 12.1 Å². The van der Waals surface area contributed by atoms with Gasteiger partial charge in [0.2, 0.25) is 0 Å². The smallest absolute Gasteiger partial charge is 0.336 e. The molecule has 0 unspecified atom stereocenters. The number of hydrogen-bond donors (Lipinski definition) is 0. The quantitative estimate of drug-likeness (QED) is 0.561. The van der Waals surface area contributed by atoms with Gasteiger partial charge in [-0.3, -0.25) is 0 Å². The highest BCUT2D eigenvalue weighted by atomic mass is 35.5. The fourth-order valence-corrected chi connectivity index (χ4v) is 3.82. The van der Waals surface area contributed by atoms with Crippen molar-refractivity contribution in [3.63, 3.8) is 0 Å². The molecule has 2 heterocycles. The van der Waals surface area contributed by atoms with Crippen LogP contribution >= 0.6 is 11.6 Å². The van der Waals surface area contributed by atoms with E-state index in [-0.39, 0.29) is 5.63 Å². The van der Waals surface area contributed by atoms with Crippen LogP contribution in [0.5, 0.6) is 5.75 Å². The van der Waals surface area contributed by atoms with Crippen LogP contribution in [0.15, 0.2) is 45.6 Å². The van der Waals surface area contributed by atoms with Crippen LogP contribution < -0.4 is 15.3 Å². The Morgan fingerprint density at radius 1 is 1.19 bits per heavy atom. The number of anilines is 1. The van der Waals surface area contributed by atoms with Gasteiger partial charge in [-0.05, 0) is 55.2 Å². The second-order valence-corrected chi connectivity index (χ2v) is 7.45. The van der Waals surface area contributed by atoms with Gasteiger partial charge >= 0.3 is 5.63 Å². The number of unbranched alkanes of at least 4 members (excludes halogenated alkanes) is 1. The SMILES string of the molecule is CCCCc1cc(=O)oc2c3c(ccc12)OCN(c1cc(Cl)ccc1C)C3. The molecule has 0 saturated carbocycles. The minimum atomic E-state index is -0.307. The Kier molecular flexibility index (Phi) is 4.83. The maximum Gasteiger partial charge on any atom is 0.336 e. The highest BCUT2D eigenvalue weighted by Gasteiger charge is 2.23. The Balaban J connectivity index is 1.81. The largest absolute Gasteiger partial charge is 0.473 e. The van der Waals surface area contributed by atoms with Crippen LogP contribution in [0.4, 0.5) is 5.69 Å². The van der Waals surface area contributed by atoms with E-state index in [2.05, 4.69) is 11.8 Å². The lowest BCUT2D eigenvalue weighted by atomic mass is 10.0. The second-order valence-electron chi connectivity index (χ2n) is 7.02. The first kappa shape index (κ1) is 17.9. The maximum absolute atomic E-state index is 12.2. The molecule has 0 saturated heterocycles. The zero-order valence-electron chi connectivity index (χ0n) is 15.5. The first-order chi connectivity index (χ1) is 13.1. The molecule has 0 fully saturated rings. The molecule has 27 heavy (non-hydrogen) atoms. The van der Waals surface area contributed by atoms with E-state index in [0.717, 1.165) is 52.8 Å². The second kappa shape index (κ2) is 7.28. The van der Waals surface area contributed by atoms with E-state index in [1.165, 1.54) is 0 Å². The first-order valence-corrected chi connectivity index (χ1v) is 9.67. The van der Waals surface area contributed by atoms with Crippen molar-refractivity contribution in [3.8, 4) is 5.75 Å². The Morgan fingerprint density at radius 2 is 2.04 bits per heavy atom. The molecule has 1 aromatic heterocycles. The molecule has 3 aromatic rings. The predicted molar refractivity (Wildman–Crippen MR) is 109 cm³/mol. The summed E-state index contributed by atoms with van der Waals surface area (Å²) in [4.78, 5) is 14.3. The summed E-state index contributed by atoms with van der Waals surface area (Å²) in [6.07, 6.45) is 2.99. The van der Waals surface area contributed by atoms with Gasteiger partial charge in [-0.15, -0.1) is 0 Å².